The number of carboxylic acids is 1. The largest absolute Gasteiger partial charge is 0.548 e. The summed E-state index contributed by atoms with van der Waals surface area (Å²) in [5, 5.41) is 11.6. The van der Waals surface area contributed by atoms with E-state index in [1.165, 1.54) is 24.3 Å². The van der Waals surface area contributed by atoms with Crippen LogP contribution in [0, 0.1) is 5.41 Å². The predicted octanol–water partition coefficient (Wildman–Crippen LogP) is 1.60. The molecule has 0 aliphatic heterocycles. The zero-order chi connectivity index (χ0) is 16.2. The van der Waals surface area contributed by atoms with E-state index in [1.54, 1.807) is 0 Å². The van der Waals surface area contributed by atoms with Gasteiger partial charge >= 0.3 is 0 Å². The number of benzene rings is 1. The molecular weight excluding hydrogens is 294 g/mol. The summed E-state index contributed by atoms with van der Waals surface area (Å²) >= 11 is 5.42. The number of hydrogen-bond donors (Lipinski definition) is 1. The molecule has 1 aromatic carbocycles. The van der Waals surface area contributed by atoms with Crippen LogP contribution in [-0.2, 0) is 9.59 Å². The van der Waals surface area contributed by atoms with E-state index < -0.39 is 22.5 Å². The van der Waals surface area contributed by atoms with Crippen molar-refractivity contribution in [2.24, 2.45) is 5.41 Å². The maximum absolute atomic E-state index is 12.0. The van der Waals surface area contributed by atoms with E-state index in [0.29, 0.717) is 12.1 Å². The summed E-state index contributed by atoms with van der Waals surface area (Å²) < 4.78 is 0. The molecule has 0 aliphatic carbocycles. The fraction of sp³-hybridized carbons (Fsp3) is 0.400. The summed E-state index contributed by atoms with van der Waals surface area (Å²) in [5.41, 5.74) is 0.176. The Morgan fingerprint density at radius 2 is 1.76 bits per heavy atom. The molecule has 114 valence electrons. The minimum absolute atomic E-state index is 0.131. The van der Waals surface area contributed by atoms with Crippen LogP contribution in [-0.4, -0.2) is 23.0 Å². The Kier molecular flexibility index (Phi) is 5.49. The summed E-state index contributed by atoms with van der Waals surface area (Å²) in [4.78, 5) is 34.2. The molecular formula is C15H17ClNO4-. The van der Waals surface area contributed by atoms with E-state index in [0.717, 1.165) is 0 Å². The lowest BCUT2D eigenvalue weighted by Gasteiger charge is -2.21. The van der Waals surface area contributed by atoms with Crippen molar-refractivity contribution < 1.29 is 19.5 Å². The van der Waals surface area contributed by atoms with Crippen molar-refractivity contribution in [2.75, 3.05) is 5.32 Å². The molecule has 1 unspecified atom stereocenters. The Hall–Kier alpha value is -1.88. The second kappa shape index (κ2) is 6.72. The molecule has 5 nitrogen and oxygen atoms in total. The fourth-order valence-corrected chi connectivity index (χ4v) is 1.56. The molecule has 0 saturated carbocycles. The van der Waals surface area contributed by atoms with Gasteiger partial charge in [-0.2, -0.15) is 0 Å². The first-order valence-corrected chi connectivity index (χ1v) is 6.93. The third-order valence-corrected chi connectivity index (χ3v) is 3.74. The molecule has 1 atom stereocenters. The summed E-state index contributed by atoms with van der Waals surface area (Å²) in [5.74, 6) is -2.51. The number of anilines is 1. The maximum Gasteiger partial charge on any atom is 0.230 e. The van der Waals surface area contributed by atoms with Gasteiger partial charge in [0.1, 0.15) is 5.38 Å². The van der Waals surface area contributed by atoms with Gasteiger partial charge < -0.3 is 15.2 Å². The number of ketones is 1. The van der Waals surface area contributed by atoms with Gasteiger partial charge in [0, 0.05) is 16.7 Å². The van der Waals surface area contributed by atoms with Crippen LogP contribution < -0.4 is 10.4 Å². The van der Waals surface area contributed by atoms with Crippen molar-refractivity contribution in [3.63, 3.8) is 0 Å². The lowest BCUT2D eigenvalue weighted by molar-refractivity contribution is -0.303. The summed E-state index contributed by atoms with van der Waals surface area (Å²) in [6.45, 7) is 5.58. The highest BCUT2D eigenvalue weighted by molar-refractivity contribution is 6.42. The minimum atomic E-state index is -1.72. The molecule has 0 spiro atoms. The van der Waals surface area contributed by atoms with Gasteiger partial charge in [0.25, 0.3) is 0 Å². The van der Waals surface area contributed by atoms with Crippen LogP contribution in [0.25, 0.3) is 0 Å². The molecule has 0 bridgehead atoms. The highest BCUT2D eigenvalue weighted by Gasteiger charge is 2.25. The first-order valence-electron chi connectivity index (χ1n) is 6.49. The number of amides is 1. The molecule has 0 radical (unpaired) electrons. The van der Waals surface area contributed by atoms with E-state index in [4.69, 9.17) is 11.6 Å². The number of carbonyl (C=O) groups is 3. The molecule has 1 N–H and O–H groups in total. The van der Waals surface area contributed by atoms with Crippen molar-refractivity contribution in [3.8, 4) is 0 Å². The first kappa shape index (κ1) is 17.2. The van der Waals surface area contributed by atoms with Gasteiger partial charge in [-0.3, -0.25) is 9.59 Å². The normalized spacial score (nSPS) is 12.6. The lowest BCUT2D eigenvalue weighted by Crippen LogP contribution is -2.37. The average molecular weight is 311 g/mol. The lowest BCUT2D eigenvalue weighted by atomic mass is 9.89. The second-order valence-corrected chi connectivity index (χ2v) is 5.75. The number of alkyl halides is 1. The zero-order valence-corrected chi connectivity index (χ0v) is 12.9. The van der Waals surface area contributed by atoms with Crippen LogP contribution in [0.1, 0.15) is 37.6 Å². The van der Waals surface area contributed by atoms with Gasteiger partial charge in [0.05, 0.1) is 5.97 Å². The molecule has 1 aromatic rings. The highest BCUT2D eigenvalue weighted by atomic mass is 35.5. The third kappa shape index (κ3) is 4.29. The first-order chi connectivity index (χ1) is 9.69. The maximum atomic E-state index is 12.0. The van der Waals surface area contributed by atoms with E-state index in [2.05, 4.69) is 5.32 Å². The molecule has 21 heavy (non-hydrogen) atoms. The van der Waals surface area contributed by atoms with Crippen LogP contribution in [0.4, 0.5) is 5.69 Å². The molecule has 1 amide bonds. The van der Waals surface area contributed by atoms with Gasteiger partial charge in [-0.05, 0) is 30.7 Å². The van der Waals surface area contributed by atoms with E-state index in [9.17, 15) is 19.5 Å². The van der Waals surface area contributed by atoms with E-state index in [1.807, 2.05) is 20.8 Å². The van der Waals surface area contributed by atoms with Crippen LogP contribution in [0.2, 0.25) is 0 Å². The zero-order valence-electron chi connectivity index (χ0n) is 12.1. The SMILES string of the molecule is CCC(C)(C)C(=O)Nc1ccc(C(=O)C(Cl)C(=O)[O-])cc1. The van der Waals surface area contributed by atoms with E-state index in [-0.39, 0.29) is 11.5 Å². The van der Waals surface area contributed by atoms with Crippen molar-refractivity contribution in [1.29, 1.82) is 0 Å². The number of hydrogen-bond acceptors (Lipinski definition) is 4. The topological polar surface area (TPSA) is 86.3 Å². The van der Waals surface area contributed by atoms with Gasteiger partial charge in [-0.25, -0.2) is 0 Å². The molecule has 0 fully saturated rings. The molecule has 0 saturated heterocycles. The van der Waals surface area contributed by atoms with Crippen LogP contribution in [0.15, 0.2) is 24.3 Å². The number of rotatable bonds is 6. The number of carboxylic acid groups (broad SMARTS) is 1. The average Bonchev–Trinajstić information content (AvgIpc) is 2.46. The van der Waals surface area contributed by atoms with Gasteiger partial charge in [0.2, 0.25) is 5.91 Å². The Balaban J connectivity index is 2.82. The summed E-state index contributed by atoms with van der Waals surface area (Å²) in [6, 6.07) is 5.87. The Morgan fingerprint density at radius 3 is 2.19 bits per heavy atom. The van der Waals surface area contributed by atoms with Gasteiger partial charge in [-0.1, -0.05) is 20.8 Å². The number of halogens is 1. The summed E-state index contributed by atoms with van der Waals surface area (Å²) in [7, 11) is 0. The highest BCUT2D eigenvalue weighted by Crippen LogP contribution is 2.22. The standard InChI is InChI=1S/C15H18ClNO4/c1-4-15(2,3)14(21)17-10-7-5-9(6-8-10)12(18)11(16)13(19)20/h5-8,11H,4H2,1-3H3,(H,17,21)(H,19,20)/p-1. The van der Waals surface area contributed by atoms with Gasteiger partial charge in [0.15, 0.2) is 5.78 Å². The third-order valence-electron chi connectivity index (χ3n) is 3.36. The van der Waals surface area contributed by atoms with Crippen molar-refractivity contribution in [3.05, 3.63) is 29.8 Å². The monoisotopic (exact) mass is 310 g/mol. The van der Waals surface area contributed by atoms with E-state index >= 15 is 0 Å². The number of aliphatic carboxylic acids is 1. The number of Topliss-reactive ketones (excluding diaryl/α,β-unsaturated/α-hetero) is 1. The fourth-order valence-electron chi connectivity index (χ4n) is 1.43. The smallest absolute Gasteiger partial charge is 0.230 e. The quantitative estimate of drug-likeness (QED) is 0.491. The van der Waals surface area contributed by atoms with Crippen molar-refractivity contribution >= 4 is 34.9 Å². The van der Waals surface area contributed by atoms with Crippen LogP contribution >= 0.6 is 11.6 Å². The predicted molar refractivity (Wildman–Crippen MR) is 78.1 cm³/mol. The van der Waals surface area contributed by atoms with Crippen LogP contribution in [0.5, 0.6) is 0 Å². The van der Waals surface area contributed by atoms with Crippen molar-refractivity contribution in [2.45, 2.75) is 32.6 Å². The Bertz CT molecular complexity index is 551. The molecule has 6 heteroatoms. The van der Waals surface area contributed by atoms with Crippen LogP contribution in [0.3, 0.4) is 0 Å². The number of carbonyl (C=O) groups excluding carboxylic acids is 3. The molecule has 0 aliphatic rings. The summed E-state index contributed by atoms with van der Waals surface area (Å²) in [6.07, 6.45) is 0.689. The molecule has 1 rings (SSSR count). The number of nitrogens with one attached hydrogen (secondary N) is 1. The molecule has 0 aromatic heterocycles. The molecule has 0 heterocycles. The minimum Gasteiger partial charge on any atom is -0.548 e. The van der Waals surface area contributed by atoms with Crippen molar-refractivity contribution in [1.82, 2.24) is 0 Å². The Labute approximate surface area is 128 Å². The second-order valence-electron chi connectivity index (χ2n) is 5.31. The van der Waals surface area contributed by atoms with Gasteiger partial charge in [-0.15, -0.1) is 11.6 Å². The Morgan fingerprint density at radius 1 is 1.24 bits per heavy atom.